The highest BCUT2D eigenvalue weighted by Crippen LogP contribution is 2.29. The Bertz CT molecular complexity index is 1020. The van der Waals surface area contributed by atoms with Gasteiger partial charge in [0.1, 0.15) is 12.4 Å². The zero-order valence-electron chi connectivity index (χ0n) is 21.5. The molecule has 2 aromatic rings. The minimum Gasteiger partial charge on any atom is -0.491 e. The Balaban J connectivity index is 1.38. The van der Waals surface area contributed by atoms with Gasteiger partial charge >= 0.3 is 0 Å². The molecule has 36 heavy (non-hydrogen) atoms. The summed E-state index contributed by atoms with van der Waals surface area (Å²) in [7, 11) is 3.79. The second-order valence-electron chi connectivity index (χ2n) is 9.86. The summed E-state index contributed by atoms with van der Waals surface area (Å²) >= 11 is 0. The van der Waals surface area contributed by atoms with Crippen LogP contribution in [0.25, 0.3) is 0 Å². The highest BCUT2D eigenvalue weighted by molar-refractivity contribution is 5.87. The lowest BCUT2D eigenvalue weighted by molar-refractivity contribution is -0.175. The van der Waals surface area contributed by atoms with Gasteiger partial charge in [0.05, 0.1) is 25.4 Å². The molecule has 1 atom stereocenters. The summed E-state index contributed by atoms with van der Waals surface area (Å²) in [5.74, 6) is 0.890. The molecule has 8 nitrogen and oxygen atoms in total. The van der Waals surface area contributed by atoms with E-state index in [0.29, 0.717) is 58.8 Å². The standard InChI is InChI=1S/C28H38N4O4/c1-30(21-24-11-6-8-15-29-24)16-13-26(33)32-18-20-36-28(22-32)14-7-5-10-23-9-3-4-12-25(23)35-19-17-31(2)27(28)34/h3-4,6,8-9,11-12,15H,5,7,10,13-14,16-22H2,1-2H3. The Labute approximate surface area is 214 Å². The van der Waals surface area contributed by atoms with Crippen LogP contribution in [-0.2, 0) is 27.3 Å². The number of aryl methyl sites for hydroxylation is 1. The van der Waals surface area contributed by atoms with Crippen molar-refractivity contribution in [3.8, 4) is 5.75 Å². The van der Waals surface area contributed by atoms with Gasteiger partial charge in [0.2, 0.25) is 5.91 Å². The van der Waals surface area contributed by atoms with E-state index in [0.717, 1.165) is 30.7 Å². The molecule has 1 saturated heterocycles. The van der Waals surface area contributed by atoms with Gasteiger partial charge in [-0.2, -0.15) is 0 Å². The van der Waals surface area contributed by atoms with Gasteiger partial charge in [-0.25, -0.2) is 0 Å². The van der Waals surface area contributed by atoms with E-state index in [4.69, 9.17) is 9.47 Å². The number of amides is 2. The Morgan fingerprint density at radius 3 is 2.78 bits per heavy atom. The molecular formula is C28H38N4O4. The number of hydrogen-bond donors (Lipinski definition) is 0. The van der Waals surface area contributed by atoms with Crippen LogP contribution < -0.4 is 4.74 Å². The number of morpholine rings is 1. The molecule has 0 aliphatic carbocycles. The number of ether oxygens (including phenoxy) is 2. The van der Waals surface area contributed by atoms with E-state index >= 15 is 0 Å². The van der Waals surface area contributed by atoms with Crippen LogP contribution >= 0.6 is 0 Å². The number of nitrogens with zero attached hydrogens (tertiary/aromatic N) is 4. The van der Waals surface area contributed by atoms with Crippen molar-refractivity contribution in [1.29, 1.82) is 0 Å². The van der Waals surface area contributed by atoms with E-state index in [2.05, 4.69) is 16.0 Å². The second-order valence-corrected chi connectivity index (χ2v) is 9.86. The third-order valence-corrected chi connectivity index (χ3v) is 7.07. The smallest absolute Gasteiger partial charge is 0.256 e. The molecule has 4 rings (SSSR count). The lowest BCUT2D eigenvalue weighted by Crippen LogP contribution is -2.61. The van der Waals surface area contributed by atoms with E-state index in [1.807, 2.05) is 48.3 Å². The monoisotopic (exact) mass is 494 g/mol. The van der Waals surface area contributed by atoms with Crippen molar-refractivity contribution in [2.45, 2.75) is 44.2 Å². The molecule has 1 spiro atoms. The number of carbonyl (C=O) groups is 2. The zero-order chi connectivity index (χ0) is 25.4. The van der Waals surface area contributed by atoms with Gasteiger partial charge in [0.25, 0.3) is 5.91 Å². The molecular weight excluding hydrogens is 456 g/mol. The highest BCUT2D eigenvalue weighted by Gasteiger charge is 2.45. The minimum absolute atomic E-state index is 0.0596. The fraction of sp³-hybridized carbons (Fsp3) is 0.536. The molecule has 1 aromatic heterocycles. The maximum atomic E-state index is 13.6. The Kier molecular flexibility index (Phi) is 8.93. The van der Waals surface area contributed by atoms with Crippen molar-refractivity contribution in [1.82, 2.24) is 19.7 Å². The van der Waals surface area contributed by atoms with Gasteiger partial charge in [-0.1, -0.05) is 24.3 Å². The summed E-state index contributed by atoms with van der Waals surface area (Å²) in [4.78, 5) is 36.8. The van der Waals surface area contributed by atoms with Crippen molar-refractivity contribution in [2.75, 3.05) is 53.5 Å². The number of rotatable bonds is 5. The van der Waals surface area contributed by atoms with Crippen molar-refractivity contribution >= 4 is 11.8 Å². The third-order valence-electron chi connectivity index (χ3n) is 7.07. The van der Waals surface area contributed by atoms with Gasteiger partial charge in [-0.05, 0) is 56.5 Å². The lowest BCUT2D eigenvalue weighted by Gasteiger charge is -2.43. The normalized spacial score (nSPS) is 21.5. The fourth-order valence-electron chi connectivity index (χ4n) is 5.00. The summed E-state index contributed by atoms with van der Waals surface area (Å²) in [5, 5.41) is 0. The summed E-state index contributed by atoms with van der Waals surface area (Å²) in [5.41, 5.74) is 1.17. The van der Waals surface area contributed by atoms with Crippen LogP contribution in [0.1, 0.15) is 36.9 Å². The Hall–Kier alpha value is -2.97. The number of carbonyl (C=O) groups excluding carboxylic acids is 2. The first-order valence-electron chi connectivity index (χ1n) is 12.9. The molecule has 2 aliphatic heterocycles. The first-order chi connectivity index (χ1) is 17.5. The van der Waals surface area contributed by atoms with Crippen molar-refractivity contribution in [3.63, 3.8) is 0 Å². The third kappa shape index (κ3) is 6.62. The van der Waals surface area contributed by atoms with Gasteiger partial charge < -0.3 is 24.2 Å². The highest BCUT2D eigenvalue weighted by atomic mass is 16.5. The van der Waals surface area contributed by atoms with E-state index in [1.165, 1.54) is 5.56 Å². The van der Waals surface area contributed by atoms with Gasteiger partial charge in [-0.3, -0.25) is 14.6 Å². The number of hydrogen-bond acceptors (Lipinski definition) is 6. The molecule has 1 aromatic carbocycles. The van der Waals surface area contributed by atoms with Crippen LogP contribution in [0.5, 0.6) is 5.75 Å². The van der Waals surface area contributed by atoms with Crippen molar-refractivity contribution in [3.05, 3.63) is 59.9 Å². The fourth-order valence-corrected chi connectivity index (χ4v) is 5.00. The molecule has 1 unspecified atom stereocenters. The summed E-state index contributed by atoms with van der Waals surface area (Å²) in [6.45, 7) is 3.38. The molecule has 0 saturated carbocycles. The number of likely N-dealkylation sites (N-methyl/N-ethyl adjacent to an activating group) is 1. The topological polar surface area (TPSA) is 75.2 Å². The minimum atomic E-state index is -0.999. The molecule has 1 fully saturated rings. The number of benzene rings is 1. The quantitative estimate of drug-likeness (QED) is 0.636. The first kappa shape index (κ1) is 26.1. The molecule has 8 heteroatoms. The van der Waals surface area contributed by atoms with Gasteiger partial charge in [-0.15, -0.1) is 0 Å². The van der Waals surface area contributed by atoms with Crippen LogP contribution in [0.2, 0.25) is 0 Å². The SMILES string of the molecule is CN(CCC(=O)N1CCOC2(CCCCc3ccccc3OCCN(C)C2=O)C1)Cc1ccccn1. The molecule has 0 N–H and O–H groups in total. The van der Waals surface area contributed by atoms with Gasteiger partial charge in [0.15, 0.2) is 5.60 Å². The van der Waals surface area contributed by atoms with Crippen LogP contribution in [0, 0.1) is 0 Å². The Morgan fingerprint density at radius 1 is 1.11 bits per heavy atom. The van der Waals surface area contributed by atoms with E-state index in [1.54, 1.807) is 18.1 Å². The summed E-state index contributed by atoms with van der Waals surface area (Å²) in [6, 6.07) is 14.0. The molecule has 194 valence electrons. The Morgan fingerprint density at radius 2 is 1.94 bits per heavy atom. The largest absolute Gasteiger partial charge is 0.491 e. The molecule has 0 bridgehead atoms. The van der Waals surface area contributed by atoms with Crippen LogP contribution in [-0.4, -0.2) is 90.6 Å². The predicted molar refractivity (Wildman–Crippen MR) is 138 cm³/mol. The van der Waals surface area contributed by atoms with E-state index in [9.17, 15) is 9.59 Å². The molecule has 3 heterocycles. The number of para-hydroxylation sites is 1. The van der Waals surface area contributed by atoms with Crippen LogP contribution in [0.15, 0.2) is 48.7 Å². The average molecular weight is 495 g/mol. The summed E-state index contributed by atoms with van der Waals surface area (Å²) in [6.07, 6.45) is 5.43. The van der Waals surface area contributed by atoms with E-state index < -0.39 is 5.60 Å². The van der Waals surface area contributed by atoms with Crippen molar-refractivity contribution < 1.29 is 19.1 Å². The van der Waals surface area contributed by atoms with Gasteiger partial charge in [0, 0.05) is 39.3 Å². The summed E-state index contributed by atoms with van der Waals surface area (Å²) < 4.78 is 12.2. The second kappa shape index (κ2) is 12.3. The maximum Gasteiger partial charge on any atom is 0.256 e. The lowest BCUT2D eigenvalue weighted by atomic mass is 9.91. The van der Waals surface area contributed by atoms with E-state index in [-0.39, 0.29) is 11.8 Å². The van der Waals surface area contributed by atoms with Crippen LogP contribution in [0.3, 0.4) is 0 Å². The molecule has 0 radical (unpaired) electrons. The average Bonchev–Trinajstić information content (AvgIpc) is 2.90. The van der Waals surface area contributed by atoms with Crippen molar-refractivity contribution in [2.24, 2.45) is 0 Å². The number of pyridine rings is 1. The maximum absolute atomic E-state index is 13.6. The predicted octanol–water partition coefficient (Wildman–Crippen LogP) is 2.76. The molecule has 2 aliphatic rings. The first-order valence-corrected chi connectivity index (χ1v) is 12.9. The number of aromatic nitrogens is 1. The van der Waals surface area contributed by atoms with Crippen LogP contribution in [0.4, 0.5) is 0 Å². The zero-order valence-corrected chi connectivity index (χ0v) is 21.5. The number of fused-ring (bicyclic) bond motifs is 1. The molecule has 2 amide bonds.